The van der Waals surface area contributed by atoms with Crippen molar-refractivity contribution in [2.45, 2.75) is 87.8 Å². The van der Waals surface area contributed by atoms with Crippen LogP contribution in [-0.2, 0) is 30.3 Å². The monoisotopic (exact) mass is 910 g/mol. The van der Waals surface area contributed by atoms with Gasteiger partial charge in [0, 0.05) is 57.7 Å². The quantitative estimate of drug-likeness (QED) is 0.0977. The van der Waals surface area contributed by atoms with Crippen molar-refractivity contribution < 1.29 is 65.2 Å². The third-order valence-corrected chi connectivity index (χ3v) is 9.62. The molecule has 0 aromatic heterocycles. The Labute approximate surface area is 341 Å². The van der Waals surface area contributed by atoms with Gasteiger partial charge in [0.2, 0.25) is 0 Å². The number of nitrogens with one attached hydrogen (secondary N) is 1. The van der Waals surface area contributed by atoms with Crippen LogP contribution in [0, 0.1) is 35.5 Å². The summed E-state index contributed by atoms with van der Waals surface area (Å²) in [5, 5.41) is 20.1. The number of nitrogens with zero attached hydrogens (tertiary/aromatic N) is 1. The molecule has 0 bridgehead atoms. The van der Waals surface area contributed by atoms with Crippen LogP contribution < -0.4 is 10.2 Å². The fourth-order valence-electron chi connectivity index (χ4n) is 5.35. The van der Waals surface area contributed by atoms with Crippen LogP contribution in [0.5, 0.6) is 0 Å². The fraction of sp³-hybridized carbons (Fsp3) is 0.474. The van der Waals surface area contributed by atoms with E-state index >= 15 is 0 Å². The second-order valence-corrected chi connectivity index (χ2v) is 14.9. The summed E-state index contributed by atoms with van der Waals surface area (Å²) in [6.07, 6.45) is -6.76. The molecular weight excluding hydrogens is 877 g/mol. The predicted molar refractivity (Wildman–Crippen MR) is 200 cm³/mol. The molecule has 0 saturated heterocycles. The Morgan fingerprint density at radius 3 is 1.77 bits per heavy atom. The summed E-state index contributed by atoms with van der Waals surface area (Å²) in [4.78, 5) is 45.5. The summed E-state index contributed by atoms with van der Waals surface area (Å²) >= 11 is 14.9. The summed E-state index contributed by atoms with van der Waals surface area (Å²) in [5.41, 5.74) is -6.67. The molecule has 10 nitrogen and oxygen atoms in total. The molecule has 2 aliphatic carbocycles. The highest BCUT2D eigenvalue weighted by atomic mass is 79.9. The molecule has 308 valence electrons. The lowest BCUT2D eigenvalue weighted by Crippen LogP contribution is -2.53. The Bertz CT molecular complexity index is 1970. The van der Waals surface area contributed by atoms with E-state index in [2.05, 4.69) is 49.7 Å². The highest BCUT2D eigenvalue weighted by molar-refractivity contribution is 9.09. The average Bonchev–Trinajstić information content (AvgIpc) is 4.05. The van der Waals surface area contributed by atoms with E-state index < -0.39 is 47.7 Å². The number of carbonyl (C=O) groups is 4. The lowest BCUT2D eigenvalue weighted by molar-refractivity contribution is -0.240. The van der Waals surface area contributed by atoms with Gasteiger partial charge in [0.15, 0.2) is 0 Å². The molecule has 2 fully saturated rings. The first-order chi connectivity index (χ1) is 26.7. The van der Waals surface area contributed by atoms with Crippen molar-refractivity contribution in [3.63, 3.8) is 0 Å². The summed E-state index contributed by atoms with van der Waals surface area (Å²) < 4.78 is 92.5. The maximum Gasteiger partial charge on any atom is 0.445 e. The number of hydrogen-bond acceptors (Lipinski definition) is 6. The minimum Gasteiger partial charge on any atom is -0.481 e. The van der Waals surface area contributed by atoms with E-state index in [-0.39, 0.29) is 70.2 Å². The van der Waals surface area contributed by atoms with Crippen molar-refractivity contribution in [3.8, 4) is 23.7 Å². The topological polar surface area (TPSA) is 142 Å². The van der Waals surface area contributed by atoms with Gasteiger partial charge in [0.1, 0.15) is 0 Å². The van der Waals surface area contributed by atoms with Gasteiger partial charge in [-0.15, -0.1) is 0 Å². The number of anilines is 2. The summed E-state index contributed by atoms with van der Waals surface area (Å²) in [7, 11) is 0. The Morgan fingerprint density at radius 1 is 0.789 bits per heavy atom. The van der Waals surface area contributed by atoms with Crippen LogP contribution in [0.25, 0.3) is 0 Å². The number of ether oxygens (including phenoxy) is 2. The van der Waals surface area contributed by atoms with Gasteiger partial charge in [0.05, 0.1) is 11.4 Å². The zero-order valence-electron chi connectivity index (χ0n) is 29.8. The molecule has 2 aromatic rings. The van der Waals surface area contributed by atoms with Crippen molar-refractivity contribution in [1.82, 2.24) is 0 Å². The van der Waals surface area contributed by atoms with E-state index in [1.165, 1.54) is 24.3 Å². The van der Waals surface area contributed by atoms with Gasteiger partial charge >= 0.3 is 36.5 Å². The molecule has 19 heteroatoms. The molecule has 0 radical (unpaired) electrons. The molecule has 2 atom stereocenters. The molecule has 57 heavy (non-hydrogen) atoms. The fourth-order valence-corrected chi connectivity index (χ4v) is 6.09. The molecule has 2 saturated carbocycles. The molecule has 2 amide bonds. The molecule has 2 aromatic carbocycles. The zero-order chi connectivity index (χ0) is 42.2. The molecular formula is C38H35BrCl2F6N2O8. The lowest BCUT2D eigenvalue weighted by atomic mass is 9.89. The number of cyclic esters (lactones) is 2. The van der Waals surface area contributed by atoms with E-state index in [0.29, 0.717) is 19.3 Å². The normalized spacial score (nSPS) is 20.8. The first-order valence-electron chi connectivity index (χ1n) is 17.5. The van der Waals surface area contributed by atoms with Crippen LogP contribution in [0.3, 0.4) is 0 Å². The van der Waals surface area contributed by atoms with Gasteiger partial charge in [-0.1, -0.05) is 51.0 Å². The number of halogens is 9. The van der Waals surface area contributed by atoms with E-state index in [1.54, 1.807) is 0 Å². The highest BCUT2D eigenvalue weighted by Crippen LogP contribution is 2.51. The van der Waals surface area contributed by atoms with Gasteiger partial charge in [-0.05, 0) is 99.6 Å². The number of carboxylic acid groups (broad SMARTS) is 2. The van der Waals surface area contributed by atoms with E-state index in [0.717, 1.165) is 48.0 Å². The van der Waals surface area contributed by atoms with Crippen LogP contribution in [0.2, 0.25) is 10.0 Å². The van der Waals surface area contributed by atoms with Crippen LogP contribution >= 0.6 is 39.1 Å². The second kappa shape index (κ2) is 19.0. The number of aliphatic carboxylic acids is 2. The maximum atomic E-state index is 14.1. The van der Waals surface area contributed by atoms with Crippen LogP contribution in [0.15, 0.2) is 36.4 Å². The summed E-state index contributed by atoms with van der Waals surface area (Å²) in [5.74, 6) is 7.52. The van der Waals surface area contributed by atoms with Crippen molar-refractivity contribution in [2.24, 2.45) is 11.8 Å². The Balaban J connectivity index is 0.000000218. The standard InChI is InChI=1S/C19H17ClF3NO4.C14H9ClF3NO2.C5H9BrO2/c20-13-6-7-15-14(11-13)18(19(21,22)23,9-8-12-4-5-12)28-17(27)24(15)10-2-1-3-16(25)26;15-9-3-4-11-10(7-9)13(14(16,17)18,21-12(20)19-11)6-5-8-1-2-8;6-4-2-1-3-5(7)8/h6-7,11-12H,1-5,10H2,(H,25,26);3-4,7-8H,1-2H2,(H,19,20);1-4H2,(H,7,8)/t18-;13-;/m00./s1. The molecule has 6 rings (SSSR count). The van der Waals surface area contributed by atoms with Gasteiger partial charge < -0.3 is 19.7 Å². The Morgan fingerprint density at radius 2 is 1.28 bits per heavy atom. The number of unbranched alkanes of at least 4 members (excludes halogenated alkanes) is 2. The van der Waals surface area contributed by atoms with E-state index in [1.807, 2.05) is 0 Å². The van der Waals surface area contributed by atoms with Crippen molar-refractivity contribution >= 4 is 74.6 Å². The number of amides is 2. The number of alkyl halides is 7. The number of hydrogen-bond donors (Lipinski definition) is 3. The Kier molecular flexibility index (Phi) is 15.1. The van der Waals surface area contributed by atoms with Crippen molar-refractivity contribution in [3.05, 3.63) is 57.6 Å². The van der Waals surface area contributed by atoms with Crippen LogP contribution in [0.1, 0.15) is 75.3 Å². The smallest absolute Gasteiger partial charge is 0.445 e. The molecule has 3 N–H and O–H groups in total. The van der Waals surface area contributed by atoms with Gasteiger partial charge in [-0.3, -0.25) is 19.8 Å². The molecule has 4 aliphatic rings. The first kappa shape index (κ1) is 45.4. The highest BCUT2D eigenvalue weighted by Gasteiger charge is 2.64. The Hall–Kier alpha value is -4.32. The third-order valence-electron chi connectivity index (χ3n) is 8.59. The number of rotatable bonds is 9. The third kappa shape index (κ3) is 11.9. The summed E-state index contributed by atoms with van der Waals surface area (Å²) in [6, 6.07) is 7.64. The molecule has 0 spiro atoms. The second-order valence-electron chi connectivity index (χ2n) is 13.2. The first-order valence-corrected chi connectivity index (χ1v) is 19.4. The van der Waals surface area contributed by atoms with Crippen LogP contribution in [0.4, 0.5) is 47.3 Å². The van der Waals surface area contributed by atoms with Gasteiger partial charge in [-0.25, -0.2) is 9.59 Å². The SMILES string of the molecule is O=C(O)CCCCBr.O=C(O)CCCCN1C(=O)O[C@](C#CC2CC2)(C(F)(F)F)c2cc(Cl)ccc21.O=C1Nc2ccc(Cl)cc2[C@@](C#CC2CC2)(C(F)(F)F)O1. The van der Waals surface area contributed by atoms with Gasteiger partial charge in [-0.2, -0.15) is 26.3 Å². The van der Waals surface area contributed by atoms with E-state index in [4.69, 9.17) is 38.2 Å². The molecule has 2 heterocycles. The zero-order valence-corrected chi connectivity index (χ0v) is 32.9. The summed E-state index contributed by atoms with van der Waals surface area (Å²) in [6.45, 7) is 0.0186. The predicted octanol–water partition coefficient (Wildman–Crippen LogP) is 10.4. The maximum absolute atomic E-state index is 14.1. The van der Waals surface area contributed by atoms with Crippen LogP contribution in [-0.4, -0.2) is 58.6 Å². The van der Waals surface area contributed by atoms with Crippen molar-refractivity contribution in [2.75, 3.05) is 22.1 Å². The molecule has 2 aliphatic heterocycles. The van der Waals surface area contributed by atoms with Gasteiger partial charge in [0.25, 0.3) is 11.2 Å². The van der Waals surface area contributed by atoms with Crippen molar-refractivity contribution in [1.29, 1.82) is 0 Å². The number of carbonyl (C=O) groups excluding carboxylic acids is 2. The number of fused-ring (bicyclic) bond motifs is 2. The number of carboxylic acids is 2. The largest absolute Gasteiger partial charge is 0.481 e. The number of benzene rings is 2. The lowest BCUT2D eigenvalue weighted by Gasteiger charge is -2.40. The average molecular weight is 913 g/mol. The van der Waals surface area contributed by atoms with E-state index in [9.17, 15) is 45.5 Å². The molecule has 0 unspecified atom stereocenters. The minimum absolute atomic E-state index is 0.00179. The minimum atomic E-state index is -4.96.